The molecule has 5 nitrogen and oxygen atoms in total. The van der Waals surface area contributed by atoms with Crippen molar-refractivity contribution in [3.8, 4) is 0 Å². The van der Waals surface area contributed by atoms with Crippen molar-refractivity contribution in [3.63, 3.8) is 0 Å². The van der Waals surface area contributed by atoms with Gasteiger partial charge in [-0.3, -0.25) is 4.79 Å². The topological polar surface area (TPSA) is 75.2 Å². The number of nitrogens with zero attached hydrogens (tertiary/aromatic N) is 1. The summed E-state index contributed by atoms with van der Waals surface area (Å²) < 4.78 is 6.10. The zero-order chi connectivity index (χ0) is 12.3. The number of aromatic amines is 1. The minimum atomic E-state index is -0.783. The SMILES string of the molecule is O=C(O)CC(c1ncc(Br)[nH]1)C1CCOCC1. The maximum Gasteiger partial charge on any atom is 0.304 e. The number of imidazole rings is 1. The van der Waals surface area contributed by atoms with Crippen molar-refractivity contribution in [1.29, 1.82) is 0 Å². The van der Waals surface area contributed by atoms with Crippen molar-refractivity contribution < 1.29 is 14.6 Å². The van der Waals surface area contributed by atoms with Gasteiger partial charge in [0.1, 0.15) is 10.4 Å². The Morgan fingerprint density at radius 3 is 2.88 bits per heavy atom. The fourth-order valence-corrected chi connectivity index (χ4v) is 2.60. The van der Waals surface area contributed by atoms with Gasteiger partial charge in [0, 0.05) is 19.1 Å². The van der Waals surface area contributed by atoms with Crippen molar-refractivity contribution in [2.75, 3.05) is 13.2 Å². The van der Waals surface area contributed by atoms with Crippen molar-refractivity contribution >= 4 is 21.9 Å². The van der Waals surface area contributed by atoms with E-state index >= 15 is 0 Å². The summed E-state index contributed by atoms with van der Waals surface area (Å²) in [6, 6.07) is 0. The fourth-order valence-electron chi connectivity index (χ4n) is 2.29. The minimum Gasteiger partial charge on any atom is -0.481 e. The highest BCUT2D eigenvalue weighted by molar-refractivity contribution is 9.10. The smallest absolute Gasteiger partial charge is 0.304 e. The number of aromatic nitrogens is 2. The van der Waals surface area contributed by atoms with Gasteiger partial charge in [0.15, 0.2) is 0 Å². The van der Waals surface area contributed by atoms with Gasteiger partial charge in [-0.15, -0.1) is 0 Å². The van der Waals surface area contributed by atoms with Crippen LogP contribution in [0.1, 0.15) is 31.0 Å². The number of carbonyl (C=O) groups is 1. The normalized spacial score (nSPS) is 19.1. The molecular weight excluding hydrogens is 288 g/mol. The molecule has 2 heterocycles. The lowest BCUT2D eigenvalue weighted by Crippen LogP contribution is -2.24. The maximum atomic E-state index is 10.9. The van der Waals surface area contributed by atoms with Crippen LogP contribution in [0.25, 0.3) is 0 Å². The van der Waals surface area contributed by atoms with E-state index in [4.69, 9.17) is 9.84 Å². The molecule has 6 heteroatoms. The zero-order valence-electron chi connectivity index (χ0n) is 9.36. The number of ether oxygens (including phenoxy) is 1. The molecule has 1 fully saturated rings. The van der Waals surface area contributed by atoms with E-state index in [1.807, 2.05) is 0 Å². The average Bonchev–Trinajstić information content (AvgIpc) is 2.73. The van der Waals surface area contributed by atoms with Gasteiger partial charge in [-0.05, 0) is 34.7 Å². The lowest BCUT2D eigenvalue weighted by atomic mass is 9.83. The van der Waals surface area contributed by atoms with E-state index in [2.05, 4.69) is 25.9 Å². The monoisotopic (exact) mass is 302 g/mol. The van der Waals surface area contributed by atoms with Crippen LogP contribution >= 0.6 is 15.9 Å². The van der Waals surface area contributed by atoms with Gasteiger partial charge in [0.25, 0.3) is 0 Å². The van der Waals surface area contributed by atoms with Crippen LogP contribution in [-0.2, 0) is 9.53 Å². The molecule has 1 unspecified atom stereocenters. The molecule has 1 aliphatic rings. The summed E-state index contributed by atoms with van der Waals surface area (Å²) in [5.74, 6) is 0.251. The van der Waals surface area contributed by atoms with Gasteiger partial charge in [-0.25, -0.2) is 4.98 Å². The number of carboxylic acids is 1. The first kappa shape index (κ1) is 12.6. The van der Waals surface area contributed by atoms with E-state index in [-0.39, 0.29) is 12.3 Å². The molecule has 1 saturated heterocycles. The summed E-state index contributed by atoms with van der Waals surface area (Å²) >= 11 is 3.30. The fraction of sp³-hybridized carbons (Fsp3) is 0.636. The first-order valence-corrected chi connectivity index (χ1v) is 6.46. The summed E-state index contributed by atoms with van der Waals surface area (Å²) in [7, 11) is 0. The number of hydrogen-bond donors (Lipinski definition) is 2. The van der Waals surface area contributed by atoms with Gasteiger partial charge in [0.05, 0.1) is 12.6 Å². The van der Waals surface area contributed by atoms with Crippen molar-refractivity contribution in [3.05, 3.63) is 16.6 Å². The van der Waals surface area contributed by atoms with E-state index in [9.17, 15) is 4.79 Å². The molecule has 1 aromatic heterocycles. The van der Waals surface area contributed by atoms with E-state index in [1.54, 1.807) is 6.20 Å². The van der Waals surface area contributed by atoms with Gasteiger partial charge < -0.3 is 14.8 Å². The van der Waals surface area contributed by atoms with E-state index < -0.39 is 5.97 Å². The molecule has 1 aliphatic heterocycles. The predicted octanol–water partition coefficient (Wildman–Crippen LogP) is 2.16. The molecule has 0 radical (unpaired) electrons. The molecule has 17 heavy (non-hydrogen) atoms. The second-order valence-corrected chi connectivity index (χ2v) is 5.12. The number of aliphatic carboxylic acids is 1. The number of carboxylic acid groups (broad SMARTS) is 1. The number of hydrogen-bond acceptors (Lipinski definition) is 3. The molecule has 0 amide bonds. The summed E-state index contributed by atoms with van der Waals surface area (Å²) in [6.45, 7) is 1.42. The molecule has 0 aliphatic carbocycles. The highest BCUT2D eigenvalue weighted by Gasteiger charge is 2.29. The van der Waals surface area contributed by atoms with Crippen LogP contribution in [0, 0.1) is 5.92 Å². The third kappa shape index (κ3) is 3.29. The predicted molar refractivity (Wildman–Crippen MR) is 64.8 cm³/mol. The summed E-state index contributed by atoms with van der Waals surface area (Å²) in [5, 5.41) is 9.00. The zero-order valence-corrected chi connectivity index (χ0v) is 10.9. The molecule has 94 valence electrons. The Labute approximate surface area is 108 Å². The van der Waals surface area contributed by atoms with Crippen LogP contribution in [0.5, 0.6) is 0 Å². The second kappa shape index (κ2) is 5.64. The summed E-state index contributed by atoms with van der Waals surface area (Å²) in [5.41, 5.74) is 0. The molecule has 1 aromatic rings. The lowest BCUT2D eigenvalue weighted by Gasteiger charge is -2.28. The van der Waals surface area contributed by atoms with Gasteiger partial charge in [-0.1, -0.05) is 0 Å². The van der Waals surface area contributed by atoms with Crippen LogP contribution in [0.15, 0.2) is 10.8 Å². The molecule has 0 aromatic carbocycles. The molecular formula is C11H15BrN2O3. The number of H-pyrrole nitrogens is 1. The maximum absolute atomic E-state index is 10.9. The summed E-state index contributed by atoms with van der Waals surface area (Å²) in [6.07, 6.45) is 3.58. The van der Waals surface area contributed by atoms with Crippen LogP contribution < -0.4 is 0 Å². The Morgan fingerprint density at radius 1 is 1.65 bits per heavy atom. The van der Waals surface area contributed by atoms with Crippen LogP contribution in [0.2, 0.25) is 0 Å². The molecule has 0 spiro atoms. The third-order valence-electron chi connectivity index (χ3n) is 3.15. The Bertz CT molecular complexity index is 388. The standard InChI is InChI=1S/C11H15BrN2O3/c12-9-6-13-11(14-9)8(5-10(15)16)7-1-3-17-4-2-7/h6-8H,1-5H2,(H,13,14)(H,15,16). The Morgan fingerprint density at radius 2 is 2.35 bits per heavy atom. The molecule has 0 saturated carbocycles. The van der Waals surface area contributed by atoms with Crippen LogP contribution in [-0.4, -0.2) is 34.3 Å². The first-order valence-electron chi connectivity index (χ1n) is 5.66. The summed E-state index contributed by atoms with van der Waals surface area (Å²) in [4.78, 5) is 18.3. The highest BCUT2D eigenvalue weighted by Crippen LogP contribution is 2.33. The van der Waals surface area contributed by atoms with Gasteiger partial charge in [0.2, 0.25) is 0 Å². The Kier molecular flexibility index (Phi) is 4.17. The van der Waals surface area contributed by atoms with E-state index in [0.717, 1.165) is 23.3 Å². The number of halogens is 1. The van der Waals surface area contributed by atoms with Gasteiger partial charge >= 0.3 is 5.97 Å². The lowest BCUT2D eigenvalue weighted by molar-refractivity contribution is -0.138. The van der Waals surface area contributed by atoms with Crippen LogP contribution in [0.3, 0.4) is 0 Å². The quantitative estimate of drug-likeness (QED) is 0.893. The van der Waals surface area contributed by atoms with Crippen LogP contribution in [0.4, 0.5) is 0 Å². The third-order valence-corrected chi connectivity index (χ3v) is 3.55. The average molecular weight is 303 g/mol. The van der Waals surface area contributed by atoms with Crippen molar-refractivity contribution in [2.45, 2.75) is 25.2 Å². The molecule has 1 atom stereocenters. The minimum absolute atomic E-state index is 0.0531. The largest absolute Gasteiger partial charge is 0.481 e. The van der Waals surface area contributed by atoms with E-state index in [1.165, 1.54) is 0 Å². The van der Waals surface area contributed by atoms with Crippen molar-refractivity contribution in [2.24, 2.45) is 5.92 Å². The molecule has 2 N–H and O–H groups in total. The van der Waals surface area contributed by atoms with E-state index in [0.29, 0.717) is 19.1 Å². The Hall–Kier alpha value is -0.880. The molecule has 2 rings (SSSR count). The first-order chi connectivity index (χ1) is 8.16. The Balaban J connectivity index is 2.14. The van der Waals surface area contributed by atoms with Crippen molar-refractivity contribution in [1.82, 2.24) is 9.97 Å². The second-order valence-electron chi connectivity index (χ2n) is 4.27. The number of nitrogens with one attached hydrogen (secondary N) is 1. The van der Waals surface area contributed by atoms with Gasteiger partial charge in [-0.2, -0.15) is 0 Å². The number of rotatable bonds is 4. The highest BCUT2D eigenvalue weighted by atomic mass is 79.9. The molecule has 0 bridgehead atoms.